The van der Waals surface area contributed by atoms with Gasteiger partial charge in [-0.15, -0.1) is 0 Å². The highest BCUT2D eigenvalue weighted by Gasteiger charge is 2.36. The molecule has 0 aliphatic carbocycles. The van der Waals surface area contributed by atoms with E-state index in [1.165, 1.54) is 16.7 Å². The van der Waals surface area contributed by atoms with Crippen LogP contribution in [0.15, 0.2) is 35.8 Å². The average Bonchev–Trinajstić information content (AvgIpc) is 3.00. The molecule has 1 unspecified atom stereocenters. The molecule has 0 radical (unpaired) electrons. The number of carbonyl (C=O) groups excluding carboxylic acids is 1. The van der Waals surface area contributed by atoms with Crippen molar-refractivity contribution in [3.8, 4) is 16.9 Å². The topological polar surface area (TPSA) is 122 Å². The highest BCUT2D eigenvalue weighted by atomic mass is 35.5. The van der Waals surface area contributed by atoms with E-state index in [0.717, 1.165) is 5.56 Å². The number of carbonyl (C=O) groups is 1. The quantitative estimate of drug-likeness (QED) is 0.155. The summed E-state index contributed by atoms with van der Waals surface area (Å²) < 4.78 is 17.1. The standard InChI is InChI=1S/C31H30Cl3FN8O2/c1-5-19(44)41-10-11-42-16(13-41)7-9-38-26-21-29(42)40-31(45)43(28-15(4)6-8-37-25(28)14(2)3)30(21)39-27(22(26)34)20-23(35)17(32)12-18(33)24(20)36/h5-6,8,12,14,16,38H,1,7,9-11,13,36H2,2-4H3. The number of halogens is 4. The molecule has 1 aromatic carbocycles. The molecule has 10 nitrogen and oxygen atoms in total. The van der Waals surface area contributed by atoms with Crippen molar-refractivity contribution in [1.29, 1.82) is 0 Å². The predicted molar refractivity (Wildman–Crippen MR) is 178 cm³/mol. The van der Waals surface area contributed by atoms with Gasteiger partial charge in [0.2, 0.25) is 5.91 Å². The van der Waals surface area contributed by atoms with Gasteiger partial charge < -0.3 is 20.9 Å². The van der Waals surface area contributed by atoms with Gasteiger partial charge in [0.25, 0.3) is 0 Å². The van der Waals surface area contributed by atoms with Gasteiger partial charge >= 0.3 is 5.69 Å². The SMILES string of the molecule is C=CC(=O)N1CCN2c3nc(=O)n(-c4c(C)ccnc4C(C)C)c4nc(-c5c(N)c(Cl)cc(Cl)c5F)c(Cl)c(c34)NCCC2C1. The van der Waals surface area contributed by atoms with E-state index in [-0.39, 0.29) is 55.5 Å². The van der Waals surface area contributed by atoms with Crippen molar-refractivity contribution in [2.24, 2.45) is 0 Å². The van der Waals surface area contributed by atoms with Crippen molar-refractivity contribution < 1.29 is 9.18 Å². The normalized spacial score (nSPS) is 16.3. The molecule has 1 saturated heterocycles. The number of amides is 1. The van der Waals surface area contributed by atoms with Gasteiger partial charge in [0.15, 0.2) is 11.5 Å². The number of hydrogen-bond acceptors (Lipinski definition) is 8. The summed E-state index contributed by atoms with van der Waals surface area (Å²) in [6, 6.07) is 2.85. The number of piperazine rings is 1. The van der Waals surface area contributed by atoms with Crippen molar-refractivity contribution in [2.45, 2.75) is 39.2 Å². The van der Waals surface area contributed by atoms with Gasteiger partial charge in [-0.1, -0.05) is 55.2 Å². The van der Waals surface area contributed by atoms with E-state index in [1.54, 1.807) is 17.2 Å². The van der Waals surface area contributed by atoms with Crippen LogP contribution in [0.25, 0.3) is 28.0 Å². The van der Waals surface area contributed by atoms with Gasteiger partial charge in [0, 0.05) is 38.4 Å². The number of hydrogen-bond donors (Lipinski definition) is 2. The van der Waals surface area contributed by atoms with Crippen LogP contribution in [0.4, 0.5) is 21.6 Å². The summed E-state index contributed by atoms with van der Waals surface area (Å²) in [7, 11) is 0. The van der Waals surface area contributed by atoms with Crippen LogP contribution < -0.4 is 21.6 Å². The zero-order chi connectivity index (χ0) is 32.3. The van der Waals surface area contributed by atoms with Gasteiger partial charge in [0.05, 0.1) is 54.5 Å². The number of rotatable bonds is 4. The van der Waals surface area contributed by atoms with Crippen molar-refractivity contribution in [2.75, 3.05) is 42.1 Å². The van der Waals surface area contributed by atoms with Gasteiger partial charge in [-0.25, -0.2) is 18.7 Å². The van der Waals surface area contributed by atoms with Crippen molar-refractivity contribution >= 4 is 68.9 Å². The number of nitrogens with zero attached hydrogens (tertiary/aromatic N) is 6. The molecule has 1 amide bonds. The van der Waals surface area contributed by atoms with E-state index in [4.69, 9.17) is 45.5 Å². The number of aromatic nitrogens is 4. The molecule has 1 fully saturated rings. The summed E-state index contributed by atoms with van der Waals surface area (Å²) >= 11 is 19.6. The smallest absolute Gasteiger partial charge is 0.355 e. The molecule has 6 rings (SSSR count). The summed E-state index contributed by atoms with van der Waals surface area (Å²) in [5, 5.41) is 3.68. The Hall–Kier alpha value is -3.93. The molecule has 0 spiro atoms. The molecule has 2 aliphatic rings. The lowest BCUT2D eigenvalue weighted by Crippen LogP contribution is -2.56. The fourth-order valence-electron chi connectivity index (χ4n) is 6.15. The number of nitrogens with one attached hydrogen (secondary N) is 1. The first-order chi connectivity index (χ1) is 21.4. The minimum absolute atomic E-state index is 0.0257. The van der Waals surface area contributed by atoms with Gasteiger partial charge in [0.1, 0.15) is 5.82 Å². The van der Waals surface area contributed by atoms with E-state index in [1.807, 2.05) is 25.7 Å². The van der Waals surface area contributed by atoms with Crippen LogP contribution in [-0.4, -0.2) is 62.5 Å². The first-order valence-corrected chi connectivity index (χ1v) is 15.5. The van der Waals surface area contributed by atoms with Crippen molar-refractivity contribution in [3.05, 3.63) is 73.6 Å². The highest BCUT2D eigenvalue weighted by Crippen LogP contribution is 2.47. The Labute approximate surface area is 273 Å². The average molecular weight is 672 g/mol. The highest BCUT2D eigenvalue weighted by molar-refractivity contribution is 6.40. The minimum atomic E-state index is -0.850. The second kappa shape index (κ2) is 11.8. The van der Waals surface area contributed by atoms with Crippen molar-refractivity contribution in [3.63, 3.8) is 0 Å². The summed E-state index contributed by atoms with van der Waals surface area (Å²) in [5.74, 6) is -0.724. The van der Waals surface area contributed by atoms with Crippen LogP contribution in [0, 0.1) is 12.7 Å². The second-order valence-electron chi connectivity index (χ2n) is 11.4. The Bertz CT molecular complexity index is 1940. The molecule has 3 N–H and O–H groups in total. The molecular formula is C31H30Cl3FN8O2. The lowest BCUT2D eigenvalue weighted by Gasteiger charge is -2.43. The number of anilines is 3. The van der Waals surface area contributed by atoms with Crippen LogP contribution in [0.3, 0.4) is 0 Å². The second-order valence-corrected chi connectivity index (χ2v) is 12.6. The number of benzene rings is 1. The number of nitrogens with two attached hydrogens (primary N) is 1. The van der Waals surface area contributed by atoms with E-state index in [9.17, 15) is 9.59 Å². The number of aryl methyl sites for hydroxylation is 1. The van der Waals surface area contributed by atoms with Crippen LogP contribution in [0.1, 0.15) is 37.4 Å². The molecule has 3 aromatic heterocycles. The third-order valence-corrected chi connectivity index (χ3v) is 9.29. The fraction of sp³-hybridized carbons (Fsp3) is 0.323. The van der Waals surface area contributed by atoms with Gasteiger partial charge in [-0.3, -0.25) is 9.78 Å². The Kier molecular flexibility index (Phi) is 8.13. The summed E-state index contributed by atoms with van der Waals surface area (Å²) in [6.07, 6.45) is 3.56. The van der Waals surface area contributed by atoms with E-state index < -0.39 is 11.5 Å². The maximum absolute atomic E-state index is 15.7. The molecule has 234 valence electrons. The van der Waals surface area contributed by atoms with Gasteiger partial charge in [-0.2, -0.15) is 4.98 Å². The van der Waals surface area contributed by atoms with Gasteiger partial charge in [-0.05, 0) is 43.0 Å². The third kappa shape index (κ3) is 5.07. The molecule has 4 aromatic rings. The molecule has 14 heteroatoms. The van der Waals surface area contributed by atoms with Crippen LogP contribution >= 0.6 is 34.8 Å². The monoisotopic (exact) mass is 670 g/mol. The number of fused-ring (bicyclic) bond motifs is 2. The molecule has 0 saturated carbocycles. The lowest BCUT2D eigenvalue weighted by atomic mass is 10.0. The first-order valence-electron chi connectivity index (χ1n) is 14.4. The fourth-order valence-corrected chi connectivity index (χ4v) is 6.91. The molecule has 45 heavy (non-hydrogen) atoms. The van der Waals surface area contributed by atoms with E-state index in [2.05, 4.69) is 21.9 Å². The number of nitrogen functional groups attached to an aromatic ring is 1. The molecule has 1 atom stereocenters. The van der Waals surface area contributed by atoms with E-state index in [0.29, 0.717) is 60.9 Å². The lowest BCUT2D eigenvalue weighted by molar-refractivity contribution is -0.126. The van der Waals surface area contributed by atoms with E-state index >= 15 is 4.39 Å². The molecule has 2 aliphatic heterocycles. The Morgan fingerprint density at radius 3 is 2.69 bits per heavy atom. The first kappa shape index (κ1) is 31.1. The molecule has 0 bridgehead atoms. The van der Waals surface area contributed by atoms with Crippen molar-refractivity contribution in [1.82, 2.24) is 24.4 Å². The maximum atomic E-state index is 15.7. The Morgan fingerprint density at radius 1 is 1.22 bits per heavy atom. The maximum Gasteiger partial charge on any atom is 0.355 e. The van der Waals surface area contributed by atoms with Crippen LogP contribution in [-0.2, 0) is 4.79 Å². The van der Waals surface area contributed by atoms with Crippen LogP contribution in [0.5, 0.6) is 0 Å². The largest absolute Gasteiger partial charge is 0.397 e. The summed E-state index contributed by atoms with van der Waals surface area (Å²) in [5.41, 5.74) is 7.88. The Morgan fingerprint density at radius 2 is 1.98 bits per heavy atom. The Balaban J connectivity index is 1.74. The predicted octanol–water partition coefficient (Wildman–Crippen LogP) is 5.97. The minimum Gasteiger partial charge on any atom is -0.397 e. The van der Waals surface area contributed by atoms with Crippen LogP contribution in [0.2, 0.25) is 15.1 Å². The summed E-state index contributed by atoms with van der Waals surface area (Å²) in [6.45, 7) is 11.1. The number of pyridine rings is 2. The zero-order valence-corrected chi connectivity index (χ0v) is 27.1. The molecular weight excluding hydrogens is 642 g/mol. The summed E-state index contributed by atoms with van der Waals surface area (Å²) in [4.78, 5) is 44.6. The third-order valence-electron chi connectivity index (χ3n) is 8.34. The molecule has 5 heterocycles. The zero-order valence-electron chi connectivity index (χ0n) is 24.8.